The molecule has 37 heavy (non-hydrogen) atoms. The van der Waals surface area contributed by atoms with Gasteiger partial charge in [-0.15, -0.1) is 11.8 Å². The van der Waals surface area contributed by atoms with Gasteiger partial charge in [-0.1, -0.05) is 11.3 Å². The van der Waals surface area contributed by atoms with E-state index < -0.39 is 11.7 Å². The molecule has 3 aromatic rings. The maximum atomic E-state index is 14.0. The van der Waals surface area contributed by atoms with Gasteiger partial charge in [0.2, 0.25) is 5.95 Å². The second kappa shape index (κ2) is 9.77. The smallest absolute Gasteiger partial charge is 0.420 e. The minimum Gasteiger partial charge on any atom is -0.480 e. The number of alkyl halides is 3. The fourth-order valence-electron chi connectivity index (χ4n) is 4.62. The summed E-state index contributed by atoms with van der Waals surface area (Å²) in [5.41, 5.74) is 0.0905. The van der Waals surface area contributed by atoms with Crippen molar-refractivity contribution in [2.24, 2.45) is 0 Å². The van der Waals surface area contributed by atoms with Crippen molar-refractivity contribution in [1.82, 2.24) is 24.6 Å². The molecule has 0 unspecified atom stereocenters. The zero-order valence-corrected chi connectivity index (χ0v) is 22.3. The van der Waals surface area contributed by atoms with Crippen LogP contribution in [0.15, 0.2) is 23.4 Å². The van der Waals surface area contributed by atoms with E-state index in [-0.39, 0.29) is 17.7 Å². The van der Waals surface area contributed by atoms with E-state index in [9.17, 15) is 13.2 Å². The lowest BCUT2D eigenvalue weighted by Crippen LogP contribution is -2.31. The second-order valence-corrected chi connectivity index (χ2v) is 11.9. The third-order valence-corrected chi connectivity index (χ3v) is 8.99. The molecule has 2 saturated carbocycles. The van der Waals surface area contributed by atoms with Gasteiger partial charge in [0.1, 0.15) is 11.7 Å². The first-order valence-electron chi connectivity index (χ1n) is 12.6. The number of nitrogens with one attached hydrogen (secondary N) is 1. The number of anilines is 2. The standard InChI is InChI=1S/C25H29F3N6OS2/c1-33-9-7-15(8-10-33)34-13-17(14-3-4-14)22(32-34)31-24-29-12-18(25(26,27)28)21(30-24)19-11-20(36-2)23(37-19)35-16-5-6-16/h11-16H,3-10H2,1-2H3,(H,29,30,31,32). The molecule has 0 radical (unpaired) electrons. The summed E-state index contributed by atoms with van der Waals surface area (Å²) in [6.07, 6.45) is 6.60. The minimum absolute atomic E-state index is 0.113. The molecule has 3 fully saturated rings. The largest absolute Gasteiger partial charge is 0.480 e. The quantitative estimate of drug-likeness (QED) is 0.318. The Morgan fingerprint density at radius 3 is 2.54 bits per heavy atom. The molecule has 1 N–H and O–H groups in total. The number of nitrogens with zero attached hydrogens (tertiary/aromatic N) is 5. The molecule has 6 rings (SSSR count). The van der Waals surface area contributed by atoms with Crippen LogP contribution in [0.25, 0.3) is 10.6 Å². The topological polar surface area (TPSA) is 68.1 Å². The van der Waals surface area contributed by atoms with Crippen LogP contribution < -0.4 is 10.1 Å². The summed E-state index contributed by atoms with van der Waals surface area (Å²) in [5, 5.41) is 8.64. The van der Waals surface area contributed by atoms with Gasteiger partial charge in [-0.05, 0) is 76.9 Å². The van der Waals surface area contributed by atoms with Gasteiger partial charge in [-0.25, -0.2) is 9.97 Å². The van der Waals surface area contributed by atoms with Crippen molar-refractivity contribution in [2.45, 2.75) is 67.7 Å². The molecule has 0 aromatic carbocycles. The molecule has 2 aliphatic carbocycles. The molecule has 0 amide bonds. The highest BCUT2D eigenvalue weighted by Gasteiger charge is 2.37. The van der Waals surface area contributed by atoms with Gasteiger partial charge in [0.25, 0.3) is 0 Å². The van der Waals surface area contributed by atoms with Crippen LogP contribution in [-0.2, 0) is 6.18 Å². The monoisotopic (exact) mass is 550 g/mol. The van der Waals surface area contributed by atoms with Crippen molar-refractivity contribution < 1.29 is 17.9 Å². The highest BCUT2D eigenvalue weighted by atomic mass is 32.2. The van der Waals surface area contributed by atoms with E-state index in [1.54, 1.807) is 6.07 Å². The fourth-order valence-corrected chi connectivity index (χ4v) is 6.49. The van der Waals surface area contributed by atoms with Crippen LogP contribution in [0.3, 0.4) is 0 Å². The summed E-state index contributed by atoms with van der Waals surface area (Å²) >= 11 is 2.67. The Labute approximate surface area is 221 Å². The molecule has 0 spiro atoms. The Kier molecular flexibility index (Phi) is 6.60. The SMILES string of the molecule is CSc1cc(-c2nc(Nc3nn(C4CCN(C)CC4)cc3C3CC3)ncc2C(F)(F)F)sc1OC1CC1. The molecule has 4 heterocycles. The van der Waals surface area contributed by atoms with E-state index in [1.807, 2.05) is 10.9 Å². The van der Waals surface area contributed by atoms with Crippen molar-refractivity contribution in [3.63, 3.8) is 0 Å². The summed E-state index contributed by atoms with van der Waals surface area (Å²) in [5.74, 6) is 1.17. The van der Waals surface area contributed by atoms with E-state index in [1.165, 1.54) is 23.1 Å². The Hall–Kier alpha value is -2.31. The van der Waals surface area contributed by atoms with Crippen molar-refractivity contribution >= 4 is 34.9 Å². The second-order valence-electron chi connectivity index (χ2n) is 10.1. The van der Waals surface area contributed by atoms with Crippen LogP contribution in [-0.4, -0.2) is 57.1 Å². The van der Waals surface area contributed by atoms with E-state index >= 15 is 0 Å². The number of likely N-dealkylation sites (tertiary alicyclic amines) is 1. The van der Waals surface area contributed by atoms with Gasteiger partial charge in [0.15, 0.2) is 10.9 Å². The van der Waals surface area contributed by atoms with Crippen molar-refractivity contribution in [1.29, 1.82) is 0 Å². The highest BCUT2D eigenvalue weighted by molar-refractivity contribution is 7.98. The molecule has 198 valence electrons. The molecule has 3 aliphatic rings. The molecule has 0 atom stereocenters. The Morgan fingerprint density at radius 2 is 1.89 bits per heavy atom. The fraction of sp³-hybridized carbons (Fsp3) is 0.560. The van der Waals surface area contributed by atoms with Gasteiger partial charge in [-0.2, -0.15) is 18.3 Å². The van der Waals surface area contributed by atoms with Gasteiger partial charge in [-0.3, -0.25) is 4.68 Å². The van der Waals surface area contributed by atoms with E-state index in [4.69, 9.17) is 9.84 Å². The van der Waals surface area contributed by atoms with E-state index in [0.29, 0.717) is 27.7 Å². The van der Waals surface area contributed by atoms with Crippen molar-refractivity contribution in [3.05, 3.63) is 29.6 Å². The van der Waals surface area contributed by atoms with E-state index in [2.05, 4.69) is 33.4 Å². The van der Waals surface area contributed by atoms with Crippen LogP contribution in [0, 0.1) is 0 Å². The zero-order chi connectivity index (χ0) is 25.7. The Balaban J connectivity index is 1.33. The van der Waals surface area contributed by atoms with Gasteiger partial charge >= 0.3 is 6.18 Å². The molecule has 12 heteroatoms. The molecule has 0 bridgehead atoms. The third kappa shape index (κ3) is 5.46. The Bertz CT molecular complexity index is 1280. The van der Waals surface area contributed by atoms with Gasteiger partial charge in [0, 0.05) is 18.0 Å². The van der Waals surface area contributed by atoms with Gasteiger partial charge < -0.3 is 15.0 Å². The number of halogens is 3. The first kappa shape index (κ1) is 25.0. The van der Waals surface area contributed by atoms with Crippen molar-refractivity contribution in [3.8, 4) is 15.6 Å². The predicted octanol–water partition coefficient (Wildman–Crippen LogP) is 6.57. The minimum atomic E-state index is -4.58. The van der Waals surface area contributed by atoms with Crippen LogP contribution in [0.5, 0.6) is 5.06 Å². The first-order valence-corrected chi connectivity index (χ1v) is 14.7. The molecular weight excluding hydrogens is 521 g/mol. The highest BCUT2D eigenvalue weighted by Crippen LogP contribution is 2.47. The van der Waals surface area contributed by atoms with E-state index in [0.717, 1.165) is 68.3 Å². The number of aromatic nitrogens is 4. The number of hydrogen-bond donors (Lipinski definition) is 1. The van der Waals surface area contributed by atoms with Crippen molar-refractivity contribution in [2.75, 3.05) is 31.7 Å². The Morgan fingerprint density at radius 1 is 1.14 bits per heavy atom. The lowest BCUT2D eigenvalue weighted by molar-refractivity contribution is -0.137. The van der Waals surface area contributed by atoms with Crippen LogP contribution in [0.2, 0.25) is 0 Å². The molecule has 3 aromatic heterocycles. The number of piperidine rings is 1. The zero-order valence-electron chi connectivity index (χ0n) is 20.7. The van der Waals surface area contributed by atoms with Crippen LogP contribution in [0.1, 0.15) is 61.6 Å². The number of thiophene rings is 1. The molecular formula is C25H29F3N6OS2. The summed E-state index contributed by atoms with van der Waals surface area (Å²) < 4.78 is 49.9. The number of thioether (sulfide) groups is 1. The third-order valence-electron chi connectivity index (χ3n) is 7.08. The maximum Gasteiger partial charge on any atom is 0.420 e. The summed E-state index contributed by atoms with van der Waals surface area (Å²) in [7, 11) is 2.12. The first-order chi connectivity index (χ1) is 17.8. The molecule has 1 saturated heterocycles. The average Bonchev–Trinajstić information content (AvgIpc) is 3.79. The van der Waals surface area contributed by atoms with Crippen LogP contribution in [0.4, 0.5) is 24.9 Å². The summed E-state index contributed by atoms with van der Waals surface area (Å²) in [6, 6.07) is 2.05. The lowest BCUT2D eigenvalue weighted by atomic mass is 10.1. The van der Waals surface area contributed by atoms with Gasteiger partial charge in [0.05, 0.1) is 21.5 Å². The molecule has 1 aliphatic heterocycles. The summed E-state index contributed by atoms with van der Waals surface area (Å²) in [6.45, 7) is 2.03. The number of hydrogen-bond acceptors (Lipinski definition) is 8. The summed E-state index contributed by atoms with van der Waals surface area (Å²) in [4.78, 5) is 12.0. The predicted molar refractivity (Wildman–Crippen MR) is 139 cm³/mol. The number of ether oxygens (including phenoxy) is 1. The lowest BCUT2D eigenvalue weighted by Gasteiger charge is -2.28. The van der Waals surface area contributed by atoms with Crippen LogP contribution >= 0.6 is 23.1 Å². The average molecular weight is 551 g/mol. The molecule has 7 nitrogen and oxygen atoms in total. The maximum absolute atomic E-state index is 14.0. The normalized spacial score (nSPS) is 19.4. The number of rotatable bonds is 8.